The molecule has 1 N–H and O–H groups in total. The van der Waals surface area contributed by atoms with Crippen LogP contribution in [0.25, 0.3) is 11.0 Å². The van der Waals surface area contributed by atoms with E-state index < -0.39 is 51.2 Å². The van der Waals surface area contributed by atoms with Crippen molar-refractivity contribution in [1.29, 1.82) is 21.0 Å². The van der Waals surface area contributed by atoms with Crippen molar-refractivity contribution in [3.63, 3.8) is 0 Å². The zero-order valence-electron chi connectivity index (χ0n) is 13.1. The molecular weight excluding hydrogens is 342 g/mol. The molecule has 0 bridgehead atoms. The first-order chi connectivity index (χ1) is 11.1. The Morgan fingerprint density at radius 3 is 1.64 bits per heavy atom. The summed E-state index contributed by atoms with van der Waals surface area (Å²) < 4.78 is 64.2. The van der Waals surface area contributed by atoms with Gasteiger partial charge in [-0.3, -0.25) is 0 Å². The number of hydrogen-bond acceptors (Lipinski definition) is 5. The van der Waals surface area contributed by atoms with Crippen molar-refractivity contribution < 1.29 is 42.2 Å². The van der Waals surface area contributed by atoms with Gasteiger partial charge in [0.25, 0.3) is 0 Å². The molecule has 0 aliphatic rings. The summed E-state index contributed by atoms with van der Waals surface area (Å²) in [5.41, 5.74) is -3.94. The third-order valence-electron chi connectivity index (χ3n) is 3.04. The summed E-state index contributed by atoms with van der Waals surface area (Å²) in [6, 6.07) is 5.77. The molecule has 0 radical (unpaired) electrons. The van der Waals surface area contributed by atoms with E-state index in [0.717, 1.165) is 0 Å². The molecule has 12 heteroatoms. The number of aromatic amines is 1. The van der Waals surface area contributed by atoms with Gasteiger partial charge in [0.1, 0.15) is 29.8 Å². The second kappa shape index (κ2) is 6.42. The molecule has 0 aliphatic heterocycles. The molecule has 0 atom stereocenters. The topological polar surface area (TPSA) is 124 Å². The Bertz CT molecular complexity index is 963. The summed E-state index contributed by atoms with van der Waals surface area (Å²) in [6.07, 6.45) is -5.98. The van der Waals surface area contributed by atoms with Crippen molar-refractivity contribution in [3.05, 3.63) is 28.1 Å². The SMILES string of the molecule is N#Cc1c(C#N)c(C#N)c2[nH]c(C(F)(F)C(F)(F)F)nc2c1C#N.[H-].[Li+]. The van der Waals surface area contributed by atoms with Gasteiger partial charge in [-0.25, -0.2) is 4.98 Å². The normalized spacial score (nSPS) is 10.9. The molecule has 0 amide bonds. The Morgan fingerprint density at radius 1 is 0.800 bits per heavy atom. The van der Waals surface area contributed by atoms with Gasteiger partial charge in [-0.1, -0.05) is 0 Å². The first-order valence-electron chi connectivity index (χ1n) is 5.79. The molecule has 0 spiro atoms. The monoisotopic (exact) mass is 344 g/mol. The summed E-state index contributed by atoms with van der Waals surface area (Å²) >= 11 is 0. The molecule has 1 aromatic carbocycles. The Hall–Kier alpha value is -3.10. The van der Waals surface area contributed by atoms with Crippen LogP contribution in [-0.4, -0.2) is 16.1 Å². The predicted molar refractivity (Wildman–Crippen MR) is 66.0 cm³/mol. The number of imidazole rings is 1. The minimum absolute atomic E-state index is 0. The summed E-state index contributed by atoms with van der Waals surface area (Å²) in [5.74, 6) is -7.23. The predicted octanol–water partition coefficient (Wildman–Crippen LogP) is -0.180. The molecule has 2 rings (SSSR count). The van der Waals surface area contributed by atoms with Gasteiger partial charge in [-0.15, -0.1) is 0 Å². The van der Waals surface area contributed by atoms with E-state index in [9.17, 15) is 22.0 Å². The fourth-order valence-electron chi connectivity index (χ4n) is 1.96. The third kappa shape index (κ3) is 2.77. The molecule has 1 heterocycles. The second-order valence-electron chi connectivity index (χ2n) is 4.33. The van der Waals surface area contributed by atoms with Crippen molar-refractivity contribution in [3.8, 4) is 24.3 Å². The first kappa shape index (κ1) is 19.9. The van der Waals surface area contributed by atoms with Gasteiger partial charge in [0.15, 0.2) is 5.82 Å². The average Bonchev–Trinajstić information content (AvgIpc) is 2.96. The molecule has 6 nitrogen and oxygen atoms in total. The van der Waals surface area contributed by atoms with E-state index in [1.165, 1.54) is 24.3 Å². The fraction of sp³-hybridized carbons (Fsp3) is 0.154. The smallest absolute Gasteiger partial charge is 1.00 e. The molecule has 0 saturated heterocycles. The number of fused-ring (bicyclic) bond motifs is 1. The third-order valence-corrected chi connectivity index (χ3v) is 3.04. The molecule has 0 fully saturated rings. The first-order valence-corrected chi connectivity index (χ1v) is 5.79. The standard InChI is InChI=1S/C13HF5N6.Li.H/c14-12(15,13(16,17)18)11-23-9-7(3-21)5(1-19)6(2-20)8(4-22)10(9)24-11;;/h(H,23,24);;/q;+1;-1. The van der Waals surface area contributed by atoms with E-state index in [1.54, 1.807) is 4.98 Å². The van der Waals surface area contributed by atoms with E-state index in [-0.39, 0.29) is 20.3 Å². The zero-order valence-corrected chi connectivity index (χ0v) is 12.1. The van der Waals surface area contributed by atoms with Crippen molar-refractivity contribution in [2.75, 3.05) is 0 Å². The van der Waals surface area contributed by atoms with Crippen LogP contribution < -0.4 is 18.9 Å². The quantitative estimate of drug-likeness (QED) is 0.568. The van der Waals surface area contributed by atoms with Gasteiger partial charge in [-0.2, -0.15) is 43.0 Å². The fourth-order valence-corrected chi connectivity index (χ4v) is 1.96. The maximum Gasteiger partial charge on any atom is 1.00 e. The van der Waals surface area contributed by atoms with E-state index in [0.29, 0.717) is 0 Å². The van der Waals surface area contributed by atoms with Gasteiger partial charge in [-0.05, 0) is 0 Å². The van der Waals surface area contributed by atoms with Gasteiger partial charge in [0.05, 0.1) is 27.8 Å². The van der Waals surface area contributed by atoms with Crippen LogP contribution in [0.2, 0.25) is 0 Å². The van der Waals surface area contributed by atoms with Crippen LogP contribution in [0.5, 0.6) is 0 Å². The molecule has 120 valence electrons. The number of nitrogens with zero attached hydrogens (tertiary/aromatic N) is 5. The van der Waals surface area contributed by atoms with Gasteiger partial charge in [0.2, 0.25) is 0 Å². The molecule has 0 aliphatic carbocycles. The van der Waals surface area contributed by atoms with Crippen LogP contribution in [0, 0.1) is 45.3 Å². The van der Waals surface area contributed by atoms with Crippen LogP contribution >= 0.6 is 0 Å². The Balaban J connectivity index is 0.00000312. The summed E-state index contributed by atoms with van der Waals surface area (Å²) in [4.78, 5) is 4.70. The maximum absolute atomic E-state index is 13.4. The molecule has 0 saturated carbocycles. The number of alkyl halides is 5. The molecule has 25 heavy (non-hydrogen) atoms. The minimum Gasteiger partial charge on any atom is -1.00 e. The number of nitriles is 4. The van der Waals surface area contributed by atoms with Crippen LogP contribution in [0.1, 0.15) is 29.5 Å². The van der Waals surface area contributed by atoms with E-state index >= 15 is 0 Å². The number of hydrogen-bond donors (Lipinski definition) is 1. The van der Waals surface area contributed by atoms with Gasteiger partial charge < -0.3 is 6.41 Å². The summed E-state index contributed by atoms with van der Waals surface area (Å²) in [5, 5.41) is 36.1. The summed E-state index contributed by atoms with van der Waals surface area (Å²) in [7, 11) is 0. The van der Waals surface area contributed by atoms with Crippen molar-refractivity contribution in [2.45, 2.75) is 12.1 Å². The average molecular weight is 344 g/mol. The number of aromatic nitrogens is 2. The number of nitrogens with one attached hydrogen (secondary N) is 1. The number of benzene rings is 1. The van der Waals surface area contributed by atoms with E-state index in [2.05, 4.69) is 4.98 Å². The molecular formula is C13H2F5LiN6. The van der Waals surface area contributed by atoms with Crippen molar-refractivity contribution in [2.24, 2.45) is 0 Å². The molecule has 2 aromatic rings. The maximum atomic E-state index is 13.4. The molecule has 1 aromatic heterocycles. The van der Waals surface area contributed by atoms with Crippen LogP contribution in [0.15, 0.2) is 0 Å². The zero-order chi connectivity index (χ0) is 18.3. The van der Waals surface area contributed by atoms with Crippen molar-refractivity contribution in [1.82, 2.24) is 9.97 Å². The van der Waals surface area contributed by atoms with E-state index in [1.807, 2.05) is 0 Å². The van der Waals surface area contributed by atoms with E-state index in [4.69, 9.17) is 21.0 Å². The van der Waals surface area contributed by atoms with Crippen LogP contribution in [0.4, 0.5) is 22.0 Å². The second-order valence-corrected chi connectivity index (χ2v) is 4.33. The Labute approximate surface area is 149 Å². The number of halogens is 5. The van der Waals surface area contributed by atoms with Crippen molar-refractivity contribution >= 4 is 11.0 Å². The van der Waals surface area contributed by atoms with Crippen LogP contribution in [0.3, 0.4) is 0 Å². The van der Waals surface area contributed by atoms with Gasteiger partial charge in [0, 0.05) is 0 Å². The summed E-state index contributed by atoms with van der Waals surface area (Å²) in [6.45, 7) is 0. The largest absolute Gasteiger partial charge is 1.00 e. The Kier molecular flexibility index (Phi) is 5.12. The Morgan fingerprint density at radius 2 is 1.24 bits per heavy atom. The van der Waals surface area contributed by atoms with Gasteiger partial charge >= 0.3 is 31.0 Å². The number of rotatable bonds is 1. The number of H-pyrrole nitrogens is 1. The van der Waals surface area contributed by atoms with Crippen LogP contribution in [-0.2, 0) is 5.92 Å². The molecule has 0 unspecified atom stereocenters. The minimum atomic E-state index is -5.98.